The molecule has 0 amide bonds. The summed E-state index contributed by atoms with van der Waals surface area (Å²) in [5, 5.41) is 17.2. The van der Waals surface area contributed by atoms with Crippen LogP contribution in [0.5, 0.6) is 5.75 Å². The molecular weight excluding hydrogens is 436 g/mol. The van der Waals surface area contributed by atoms with Gasteiger partial charge in [0.1, 0.15) is 22.1 Å². The monoisotopic (exact) mass is 460 g/mol. The first-order valence-corrected chi connectivity index (χ1v) is 11.2. The van der Waals surface area contributed by atoms with Crippen LogP contribution in [0.3, 0.4) is 0 Å². The van der Waals surface area contributed by atoms with Gasteiger partial charge < -0.3 is 20.2 Å². The van der Waals surface area contributed by atoms with Crippen LogP contribution in [0, 0.1) is 0 Å². The Morgan fingerprint density at radius 3 is 2.67 bits per heavy atom. The van der Waals surface area contributed by atoms with Crippen LogP contribution < -0.4 is 16.1 Å². The summed E-state index contributed by atoms with van der Waals surface area (Å²) < 4.78 is 5.91. The minimum Gasteiger partial charge on any atom is -0.508 e. The van der Waals surface area contributed by atoms with Gasteiger partial charge in [0.15, 0.2) is 11.7 Å². The van der Waals surface area contributed by atoms with E-state index in [1.54, 1.807) is 24.3 Å². The molecule has 0 bridgehead atoms. The summed E-state index contributed by atoms with van der Waals surface area (Å²) in [5.74, 6) is 0.418. The van der Waals surface area contributed by atoms with Gasteiger partial charge in [0.25, 0.3) is 0 Å². The van der Waals surface area contributed by atoms with Gasteiger partial charge in [-0.2, -0.15) is 0 Å². The van der Waals surface area contributed by atoms with Gasteiger partial charge in [0.2, 0.25) is 0 Å². The Kier molecular flexibility index (Phi) is 6.82. The molecule has 2 aromatic rings. The zero-order valence-electron chi connectivity index (χ0n) is 18.2. The van der Waals surface area contributed by atoms with E-state index in [0.29, 0.717) is 45.0 Å². The summed E-state index contributed by atoms with van der Waals surface area (Å²) in [4.78, 5) is 24.5. The molecule has 0 saturated heterocycles. The van der Waals surface area contributed by atoms with Crippen LogP contribution in [-0.4, -0.2) is 36.0 Å². The maximum absolute atomic E-state index is 12.0. The fraction of sp³-hybridized carbons (Fsp3) is 0.192. The number of carbonyl (C=O) groups is 1. The van der Waals surface area contributed by atoms with E-state index in [1.807, 2.05) is 12.1 Å². The normalized spacial score (nSPS) is 11.1. The van der Waals surface area contributed by atoms with E-state index in [4.69, 9.17) is 16.6 Å². The largest absolute Gasteiger partial charge is 0.508 e. The van der Waals surface area contributed by atoms with Crippen molar-refractivity contribution >= 4 is 34.5 Å². The van der Waals surface area contributed by atoms with Crippen molar-refractivity contribution in [1.29, 1.82) is 0 Å². The number of rotatable bonds is 8. The fourth-order valence-electron chi connectivity index (χ4n) is 3.83. The van der Waals surface area contributed by atoms with Crippen LogP contribution in [0.25, 0.3) is 33.4 Å². The van der Waals surface area contributed by atoms with Crippen molar-refractivity contribution in [1.82, 2.24) is 10.6 Å². The molecule has 2 aromatic carbocycles. The Bertz CT molecular complexity index is 1360. The van der Waals surface area contributed by atoms with Crippen LogP contribution in [0.4, 0.5) is 0 Å². The second kappa shape index (κ2) is 9.94. The molecule has 2 aliphatic rings. The number of carbonyl (C=O) groups excluding carboxylic acids is 1. The number of thiocarbonyl (C=S) groups is 1. The zero-order valence-corrected chi connectivity index (χ0v) is 19.0. The summed E-state index contributed by atoms with van der Waals surface area (Å²) in [6, 6.07) is 14.8. The van der Waals surface area contributed by atoms with Gasteiger partial charge in [-0.05, 0) is 48.9 Å². The summed E-state index contributed by atoms with van der Waals surface area (Å²) >= 11 is 5.59. The number of fused-ring (bicyclic) bond motifs is 2. The molecule has 0 aromatic heterocycles. The lowest BCUT2D eigenvalue weighted by Gasteiger charge is -2.17. The molecule has 7 heteroatoms. The van der Waals surface area contributed by atoms with Gasteiger partial charge in [0.05, 0.1) is 0 Å². The highest BCUT2D eigenvalue weighted by Crippen LogP contribution is 2.41. The minimum absolute atomic E-state index is 0.0428. The third kappa shape index (κ3) is 4.79. The van der Waals surface area contributed by atoms with Gasteiger partial charge in [-0.3, -0.25) is 9.59 Å². The second-order valence-corrected chi connectivity index (χ2v) is 8.15. The molecule has 168 valence electrons. The molecule has 0 fully saturated rings. The first kappa shape index (κ1) is 22.6. The number of aromatic hydroxyl groups is 1. The third-order valence-electron chi connectivity index (χ3n) is 5.40. The van der Waals surface area contributed by atoms with E-state index in [-0.39, 0.29) is 11.2 Å². The number of benzene rings is 3. The van der Waals surface area contributed by atoms with Crippen LogP contribution in [0.1, 0.15) is 29.3 Å². The first-order chi connectivity index (χ1) is 16.0. The molecule has 4 rings (SSSR count). The van der Waals surface area contributed by atoms with E-state index in [9.17, 15) is 14.7 Å². The average Bonchev–Trinajstić information content (AvgIpc) is 2.81. The van der Waals surface area contributed by atoms with E-state index in [2.05, 4.69) is 17.6 Å². The van der Waals surface area contributed by atoms with E-state index in [0.717, 1.165) is 36.9 Å². The van der Waals surface area contributed by atoms with Gasteiger partial charge in [-0.1, -0.05) is 31.3 Å². The average molecular weight is 461 g/mol. The van der Waals surface area contributed by atoms with Crippen LogP contribution in [-0.2, 0) is 0 Å². The number of hydrogen-bond donors (Lipinski definition) is 3. The molecule has 0 atom stereocenters. The molecule has 0 unspecified atom stereocenters. The van der Waals surface area contributed by atoms with Crippen molar-refractivity contribution in [2.45, 2.75) is 13.3 Å². The predicted octanol–water partition coefficient (Wildman–Crippen LogP) is 4.35. The van der Waals surface area contributed by atoms with Crippen molar-refractivity contribution in [3.05, 3.63) is 75.9 Å². The van der Waals surface area contributed by atoms with Crippen molar-refractivity contribution in [2.75, 3.05) is 19.6 Å². The number of nitrogens with one attached hydrogen (secondary N) is 2. The van der Waals surface area contributed by atoms with Gasteiger partial charge in [-0.25, -0.2) is 0 Å². The van der Waals surface area contributed by atoms with Crippen LogP contribution in [0.15, 0.2) is 63.8 Å². The van der Waals surface area contributed by atoms with Crippen LogP contribution >= 0.6 is 12.2 Å². The Labute approximate surface area is 196 Å². The minimum atomic E-state index is -0.192. The SMILES string of the molecule is CCCNCCNC(=S)c1ccc(C=O)c(-c2c3ccc(=O)cc-3oc3cc(O)ccc23)c1. The summed E-state index contributed by atoms with van der Waals surface area (Å²) in [6.07, 6.45) is 1.87. The molecule has 0 spiro atoms. The maximum atomic E-state index is 12.0. The summed E-state index contributed by atoms with van der Waals surface area (Å²) in [6.45, 7) is 4.55. The van der Waals surface area contributed by atoms with Crippen molar-refractivity contribution in [3.63, 3.8) is 0 Å². The van der Waals surface area contributed by atoms with Crippen LogP contribution in [0.2, 0.25) is 0 Å². The van der Waals surface area contributed by atoms with E-state index < -0.39 is 0 Å². The highest BCUT2D eigenvalue weighted by Gasteiger charge is 2.20. The Morgan fingerprint density at radius 2 is 1.88 bits per heavy atom. The number of aldehydes is 1. The molecule has 33 heavy (non-hydrogen) atoms. The first-order valence-electron chi connectivity index (χ1n) is 10.8. The standard InChI is InChI=1S/C26H24N2O4S/c1-2-9-27-10-11-28-26(33)16-3-4-17(15-29)22(12-16)25-20-7-5-18(30)13-23(20)32-24-14-19(31)6-8-21(24)25/h3-8,12-15,27,30H,2,9-11H2,1H3,(H,28,33). The topological polar surface area (TPSA) is 91.6 Å². The van der Waals surface area contributed by atoms with Gasteiger partial charge in [-0.15, -0.1) is 0 Å². The lowest BCUT2D eigenvalue weighted by molar-refractivity contribution is 0.112. The second-order valence-electron chi connectivity index (χ2n) is 7.74. The lowest BCUT2D eigenvalue weighted by Crippen LogP contribution is -2.31. The predicted molar refractivity (Wildman–Crippen MR) is 134 cm³/mol. The van der Waals surface area contributed by atoms with E-state index in [1.165, 1.54) is 18.2 Å². The molecule has 1 aliphatic carbocycles. The molecule has 0 saturated carbocycles. The Hall–Kier alpha value is -3.55. The Morgan fingerprint density at radius 1 is 1.03 bits per heavy atom. The van der Waals surface area contributed by atoms with Crippen molar-refractivity contribution < 1.29 is 14.3 Å². The molecule has 3 N–H and O–H groups in total. The quantitative estimate of drug-likeness (QED) is 0.156. The molecule has 0 radical (unpaired) electrons. The number of phenols is 1. The third-order valence-corrected chi connectivity index (χ3v) is 5.78. The smallest absolute Gasteiger partial charge is 0.182 e. The summed E-state index contributed by atoms with van der Waals surface area (Å²) in [7, 11) is 0. The van der Waals surface area contributed by atoms with E-state index >= 15 is 0 Å². The molecule has 1 heterocycles. The molecule has 6 nitrogen and oxygen atoms in total. The lowest BCUT2D eigenvalue weighted by atomic mass is 9.90. The molecule has 1 aliphatic heterocycles. The highest BCUT2D eigenvalue weighted by atomic mass is 32.1. The van der Waals surface area contributed by atoms with Gasteiger partial charge in [0, 0.05) is 52.9 Å². The fourth-order valence-corrected chi connectivity index (χ4v) is 4.06. The Balaban J connectivity index is 1.84. The van der Waals surface area contributed by atoms with Crippen molar-refractivity contribution in [3.8, 4) is 28.2 Å². The maximum Gasteiger partial charge on any atom is 0.182 e. The number of hydrogen-bond acceptors (Lipinski definition) is 6. The van der Waals surface area contributed by atoms with Gasteiger partial charge >= 0.3 is 0 Å². The molecular formula is C26H24N2O4S. The number of phenolic OH excluding ortho intramolecular Hbond substituents is 1. The van der Waals surface area contributed by atoms with Crippen molar-refractivity contribution in [2.24, 2.45) is 0 Å². The summed E-state index contributed by atoms with van der Waals surface area (Å²) in [5.41, 5.74) is 3.59. The highest BCUT2D eigenvalue weighted by molar-refractivity contribution is 7.80. The zero-order chi connectivity index (χ0) is 23.4.